The Morgan fingerprint density at radius 3 is 2.38 bits per heavy atom. The van der Waals surface area contributed by atoms with Crippen LogP contribution in [0.15, 0.2) is 17.0 Å². The van der Waals surface area contributed by atoms with Crippen molar-refractivity contribution in [3.63, 3.8) is 0 Å². The van der Waals surface area contributed by atoms with Gasteiger partial charge in [0.2, 0.25) is 15.9 Å². The van der Waals surface area contributed by atoms with E-state index in [0.717, 1.165) is 4.31 Å². The van der Waals surface area contributed by atoms with Gasteiger partial charge in [0.15, 0.2) is 11.6 Å². The number of thioether (sulfide) groups is 1. The Kier molecular flexibility index (Phi) is 5.22. The number of nitrogens with zero attached hydrogens (tertiary/aromatic N) is 1. The third-order valence-corrected chi connectivity index (χ3v) is 6.25. The molecule has 5 nitrogen and oxygen atoms in total. The van der Waals surface area contributed by atoms with Gasteiger partial charge in [-0.2, -0.15) is 4.31 Å². The number of rotatable bonds is 3. The molecule has 134 valence electrons. The summed E-state index contributed by atoms with van der Waals surface area (Å²) in [7, 11) is -4.49. The van der Waals surface area contributed by atoms with Crippen molar-refractivity contribution >= 4 is 27.7 Å². The SMILES string of the molecule is CC(C)(C)NC(=O)C1CSCN1S(=O)(=O)c1cc(F)c(F)cc1F. The second-order valence-corrected chi connectivity index (χ2v) is 9.20. The maximum Gasteiger partial charge on any atom is 0.247 e. The van der Waals surface area contributed by atoms with Crippen molar-refractivity contribution in [3.8, 4) is 0 Å². The van der Waals surface area contributed by atoms with E-state index in [2.05, 4.69) is 5.32 Å². The first-order valence-corrected chi connectivity index (χ1v) is 9.59. The lowest BCUT2D eigenvalue weighted by Crippen LogP contribution is -2.52. The molecule has 0 aliphatic carbocycles. The van der Waals surface area contributed by atoms with Gasteiger partial charge in [0.05, 0.1) is 5.88 Å². The molecule has 1 fully saturated rings. The fourth-order valence-corrected chi connectivity index (χ4v) is 5.36. The van der Waals surface area contributed by atoms with Crippen LogP contribution in [0.5, 0.6) is 0 Å². The highest BCUT2D eigenvalue weighted by Crippen LogP contribution is 2.30. The van der Waals surface area contributed by atoms with E-state index in [1.165, 1.54) is 11.8 Å². The fraction of sp³-hybridized carbons (Fsp3) is 0.500. The quantitative estimate of drug-likeness (QED) is 0.813. The van der Waals surface area contributed by atoms with Crippen LogP contribution >= 0.6 is 11.8 Å². The van der Waals surface area contributed by atoms with E-state index in [9.17, 15) is 26.4 Å². The zero-order valence-corrected chi connectivity index (χ0v) is 14.9. The topological polar surface area (TPSA) is 66.5 Å². The van der Waals surface area contributed by atoms with E-state index in [0.29, 0.717) is 6.07 Å². The highest BCUT2D eigenvalue weighted by Gasteiger charge is 2.42. The molecule has 0 radical (unpaired) electrons. The second kappa shape index (κ2) is 6.57. The normalized spacial score (nSPS) is 19.5. The average Bonchev–Trinajstić information content (AvgIpc) is 2.91. The molecule has 24 heavy (non-hydrogen) atoms. The van der Waals surface area contributed by atoms with Gasteiger partial charge in [-0.25, -0.2) is 21.6 Å². The van der Waals surface area contributed by atoms with Gasteiger partial charge in [-0.15, -0.1) is 11.8 Å². The van der Waals surface area contributed by atoms with Crippen molar-refractivity contribution < 1.29 is 26.4 Å². The summed E-state index contributed by atoms with van der Waals surface area (Å²) in [4.78, 5) is 11.3. The lowest BCUT2D eigenvalue weighted by Gasteiger charge is -2.27. The summed E-state index contributed by atoms with van der Waals surface area (Å²) in [6.45, 7) is 5.21. The molecule has 1 aromatic carbocycles. The smallest absolute Gasteiger partial charge is 0.247 e. The van der Waals surface area contributed by atoms with Crippen LogP contribution in [0.3, 0.4) is 0 Å². The van der Waals surface area contributed by atoms with Crippen LogP contribution in [0.1, 0.15) is 20.8 Å². The maximum atomic E-state index is 13.9. The molecule has 1 amide bonds. The molecular weight excluding hydrogens is 365 g/mol. The van der Waals surface area contributed by atoms with Gasteiger partial charge < -0.3 is 5.32 Å². The van der Waals surface area contributed by atoms with Crippen molar-refractivity contribution in [1.82, 2.24) is 9.62 Å². The van der Waals surface area contributed by atoms with E-state index in [1.807, 2.05) is 0 Å². The molecule has 1 aliphatic heterocycles. The molecule has 0 bridgehead atoms. The lowest BCUT2D eigenvalue weighted by molar-refractivity contribution is -0.125. The van der Waals surface area contributed by atoms with Crippen molar-refractivity contribution in [3.05, 3.63) is 29.6 Å². The minimum atomic E-state index is -4.49. The molecule has 1 aromatic rings. The first-order chi connectivity index (χ1) is 10.9. The predicted molar refractivity (Wildman–Crippen MR) is 84.3 cm³/mol. The lowest BCUT2D eigenvalue weighted by atomic mass is 10.1. The first kappa shape index (κ1) is 19.1. The van der Waals surface area contributed by atoms with E-state index in [4.69, 9.17) is 0 Å². The molecule has 1 atom stereocenters. The summed E-state index contributed by atoms with van der Waals surface area (Å²) in [6, 6.07) is -0.580. The van der Waals surface area contributed by atoms with Gasteiger partial charge in [-0.3, -0.25) is 4.79 Å². The van der Waals surface area contributed by atoms with E-state index >= 15 is 0 Å². The number of nitrogens with one attached hydrogen (secondary N) is 1. The summed E-state index contributed by atoms with van der Waals surface area (Å²) >= 11 is 1.18. The second-order valence-electron chi connectivity index (χ2n) is 6.34. The Morgan fingerprint density at radius 2 is 1.79 bits per heavy atom. The Labute approximate surface area is 142 Å². The number of halogens is 3. The van der Waals surface area contributed by atoms with Crippen molar-refractivity contribution in [2.45, 2.75) is 37.2 Å². The Hall–Kier alpha value is -1.26. The number of sulfonamides is 1. The fourth-order valence-electron chi connectivity index (χ4n) is 2.15. The first-order valence-electron chi connectivity index (χ1n) is 6.99. The van der Waals surface area contributed by atoms with E-state index < -0.39 is 49.9 Å². The average molecular weight is 382 g/mol. The number of benzene rings is 1. The van der Waals surface area contributed by atoms with Gasteiger partial charge in [0, 0.05) is 17.4 Å². The molecule has 1 saturated heterocycles. The van der Waals surface area contributed by atoms with E-state index in [1.54, 1.807) is 20.8 Å². The summed E-state index contributed by atoms with van der Waals surface area (Å²) in [5.74, 6) is -4.78. The maximum absolute atomic E-state index is 13.9. The molecule has 10 heteroatoms. The summed E-state index contributed by atoms with van der Waals surface area (Å²) < 4.78 is 66.2. The third kappa shape index (κ3) is 3.86. The molecular formula is C14H17F3N2O3S2. The van der Waals surface area contributed by atoms with Crippen LogP contribution in [0.4, 0.5) is 13.2 Å². The molecule has 1 unspecified atom stereocenters. The van der Waals surface area contributed by atoms with Gasteiger partial charge in [-0.05, 0) is 26.8 Å². The predicted octanol–water partition coefficient (Wildman–Crippen LogP) is 2.08. The molecule has 1 aliphatic rings. The monoisotopic (exact) mass is 382 g/mol. The van der Waals surface area contributed by atoms with Crippen LogP contribution in [0.2, 0.25) is 0 Å². The van der Waals surface area contributed by atoms with Crippen molar-refractivity contribution in [1.29, 1.82) is 0 Å². The highest BCUT2D eigenvalue weighted by atomic mass is 32.2. The van der Waals surface area contributed by atoms with Crippen molar-refractivity contribution in [2.75, 3.05) is 11.6 Å². The molecule has 0 saturated carbocycles. The van der Waals surface area contributed by atoms with Gasteiger partial charge in [-0.1, -0.05) is 0 Å². The van der Waals surface area contributed by atoms with Gasteiger partial charge in [0.25, 0.3) is 0 Å². The largest absolute Gasteiger partial charge is 0.350 e. The summed E-state index contributed by atoms with van der Waals surface area (Å²) in [6.07, 6.45) is 0. The number of hydrogen-bond donors (Lipinski definition) is 1. The Morgan fingerprint density at radius 1 is 1.21 bits per heavy atom. The van der Waals surface area contributed by atoms with Gasteiger partial charge in [0.1, 0.15) is 16.8 Å². The summed E-state index contributed by atoms with van der Waals surface area (Å²) in [5, 5.41) is 2.66. The standard InChI is InChI=1S/C14H17F3N2O3S2/c1-14(2,3)18-13(20)11-6-23-7-19(11)24(21,22)12-5-9(16)8(15)4-10(12)17/h4-5,11H,6-7H2,1-3H3,(H,18,20). The molecule has 1 N–H and O–H groups in total. The van der Waals surface area contributed by atoms with E-state index in [-0.39, 0.29) is 17.7 Å². The third-order valence-electron chi connectivity index (χ3n) is 3.20. The Bertz CT molecular complexity index is 763. The zero-order valence-electron chi connectivity index (χ0n) is 13.3. The molecule has 1 heterocycles. The minimum Gasteiger partial charge on any atom is -0.350 e. The van der Waals surface area contributed by atoms with Crippen LogP contribution in [0, 0.1) is 17.5 Å². The number of carbonyl (C=O) groups is 1. The van der Waals surface area contributed by atoms with Gasteiger partial charge >= 0.3 is 0 Å². The molecule has 2 rings (SSSR count). The van der Waals surface area contributed by atoms with Crippen LogP contribution in [-0.4, -0.2) is 41.8 Å². The minimum absolute atomic E-state index is 0.0804. The zero-order chi connectivity index (χ0) is 18.3. The van der Waals surface area contributed by atoms with Crippen LogP contribution in [0.25, 0.3) is 0 Å². The number of amides is 1. The van der Waals surface area contributed by atoms with Crippen LogP contribution < -0.4 is 5.32 Å². The molecule has 0 spiro atoms. The molecule has 0 aromatic heterocycles. The van der Waals surface area contributed by atoms with Crippen LogP contribution in [-0.2, 0) is 14.8 Å². The highest BCUT2D eigenvalue weighted by molar-refractivity contribution is 8.00. The Balaban J connectivity index is 2.38. The number of carbonyl (C=O) groups excluding carboxylic acids is 1. The van der Waals surface area contributed by atoms with Crippen molar-refractivity contribution in [2.24, 2.45) is 0 Å². The summed E-state index contributed by atoms with van der Waals surface area (Å²) in [5.41, 5.74) is -0.576. The number of hydrogen-bond acceptors (Lipinski definition) is 4.